The number of benzene rings is 1. The second-order valence-corrected chi connectivity index (χ2v) is 4.79. The van der Waals surface area contributed by atoms with E-state index in [9.17, 15) is 0 Å². The lowest BCUT2D eigenvalue weighted by molar-refractivity contribution is 0.415. The normalized spacial score (nSPS) is 10.3. The Labute approximate surface area is 101 Å². The van der Waals surface area contributed by atoms with Gasteiger partial charge in [0.05, 0.1) is 7.11 Å². The molecule has 0 spiro atoms. The molecule has 0 aliphatic carbocycles. The summed E-state index contributed by atoms with van der Waals surface area (Å²) >= 11 is 0. The van der Waals surface area contributed by atoms with Gasteiger partial charge in [-0.15, -0.1) is 12.4 Å². The maximum Gasteiger partial charge on any atom is 0.118 e. The molecule has 0 aliphatic rings. The van der Waals surface area contributed by atoms with Crippen LogP contribution in [-0.4, -0.2) is 13.3 Å². The predicted molar refractivity (Wildman–Crippen MR) is 72.6 cm³/mol. The number of hydrogen-bond acceptors (Lipinski definition) is 1. The van der Waals surface area contributed by atoms with Gasteiger partial charge in [-0.05, 0) is 30.0 Å². The van der Waals surface area contributed by atoms with Crippen LogP contribution in [0.1, 0.15) is 26.2 Å². The lowest BCUT2D eigenvalue weighted by Crippen LogP contribution is -1.95. The zero-order valence-corrected chi connectivity index (χ0v) is 11.3. The molecular weight excluding hydrogens is 227 g/mol. The average molecular weight is 247 g/mol. The molecule has 1 aromatic rings. The Balaban J connectivity index is 0.00000196. The third kappa shape index (κ3) is 6.02. The highest BCUT2D eigenvalue weighted by molar-refractivity contribution is 7.47. The van der Waals surface area contributed by atoms with Gasteiger partial charge in [-0.1, -0.05) is 40.5 Å². The van der Waals surface area contributed by atoms with E-state index in [1.165, 1.54) is 30.7 Å². The van der Waals surface area contributed by atoms with Crippen LogP contribution >= 0.6 is 21.0 Å². The molecule has 0 radical (unpaired) electrons. The third-order valence-corrected chi connectivity index (χ3v) is 3.54. The van der Waals surface area contributed by atoms with Crippen molar-refractivity contribution in [1.82, 2.24) is 0 Å². The summed E-state index contributed by atoms with van der Waals surface area (Å²) in [6.07, 6.45) is 5.37. The van der Waals surface area contributed by atoms with Crippen molar-refractivity contribution in [2.45, 2.75) is 26.2 Å². The summed E-state index contributed by atoms with van der Waals surface area (Å²) in [6, 6.07) is 8.43. The summed E-state index contributed by atoms with van der Waals surface area (Å²) in [5.41, 5.74) is 0. The van der Waals surface area contributed by atoms with Crippen molar-refractivity contribution in [3.63, 3.8) is 0 Å². The van der Waals surface area contributed by atoms with E-state index in [4.69, 9.17) is 4.74 Å². The summed E-state index contributed by atoms with van der Waals surface area (Å²) in [5.74, 6) is 0.951. The summed E-state index contributed by atoms with van der Waals surface area (Å²) in [6.45, 7) is 2.25. The molecule has 1 nitrogen and oxygen atoms in total. The summed E-state index contributed by atoms with van der Waals surface area (Å²) in [7, 11) is 2.66. The maximum absolute atomic E-state index is 5.12. The first-order valence-corrected chi connectivity index (χ1v) is 6.45. The molecule has 0 aromatic heterocycles. The van der Waals surface area contributed by atoms with E-state index in [-0.39, 0.29) is 12.4 Å². The molecule has 1 unspecified atom stereocenters. The minimum absolute atomic E-state index is 0. The van der Waals surface area contributed by atoms with Crippen LogP contribution < -0.4 is 10.0 Å². The van der Waals surface area contributed by atoms with Crippen molar-refractivity contribution in [3.05, 3.63) is 24.3 Å². The molecule has 0 aliphatic heterocycles. The van der Waals surface area contributed by atoms with Gasteiger partial charge >= 0.3 is 0 Å². The predicted octanol–water partition coefficient (Wildman–Crippen LogP) is 3.61. The minimum Gasteiger partial charge on any atom is -0.497 e. The molecule has 0 N–H and O–H groups in total. The zero-order valence-electron chi connectivity index (χ0n) is 9.45. The number of halogens is 1. The van der Waals surface area contributed by atoms with E-state index >= 15 is 0 Å². The van der Waals surface area contributed by atoms with Gasteiger partial charge in [-0.3, -0.25) is 0 Å². The van der Waals surface area contributed by atoms with Gasteiger partial charge in [0.1, 0.15) is 5.75 Å². The molecule has 0 heterocycles. The first kappa shape index (κ1) is 14.7. The highest BCUT2D eigenvalue weighted by atomic mass is 35.5. The summed E-state index contributed by atoms with van der Waals surface area (Å²) < 4.78 is 5.12. The van der Waals surface area contributed by atoms with Crippen LogP contribution in [0.25, 0.3) is 0 Å². The molecule has 1 aromatic carbocycles. The number of methoxy groups -OCH3 is 1. The topological polar surface area (TPSA) is 9.23 Å². The SMILES string of the molecule is CCCCCPc1ccc(OC)cc1.Cl. The van der Waals surface area contributed by atoms with Gasteiger partial charge in [0.15, 0.2) is 0 Å². The third-order valence-electron chi connectivity index (χ3n) is 2.20. The summed E-state index contributed by atoms with van der Waals surface area (Å²) in [4.78, 5) is 0. The number of unbranched alkanes of at least 4 members (excludes halogenated alkanes) is 2. The largest absolute Gasteiger partial charge is 0.497 e. The van der Waals surface area contributed by atoms with Gasteiger partial charge < -0.3 is 4.74 Å². The van der Waals surface area contributed by atoms with Gasteiger partial charge in [0, 0.05) is 0 Å². The Hall–Kier alpha value is -0.260. The second-order valence-electron chi connectivity index (χ2n) is 3.36. The Morgan fingerprint density at radius 1 is 1.13 bits per heavy atom. The van der Waals surface area contributed by atoms with Gasteiger partial charge in [-0.2, -0.15) is 0 Å². The van der Waals surface area contributed by atoms with Crippen LogP contribution in [0.5, 0.6) is 5.75 Å². The van der Waals surface area contributed by atoms with Crippen LogP contribution in [0.4, 0.5) is 0 Å². The smallest absolute Gasteiger partial charge is 0.118 e. The Morgan fingerprint density at radius 3 is 2.33 bits per heavy atom. The summed E-state index contributed by atoms with van der Waals surface area (Å²) in [5, 5.41) is 1.45. The fourth-order valence-electron chi connectivity index (χ4n) is 1.32. The number of ether oxygens (including phenoxy) is 1. The Kier molecular flexibility index (Phi) is 8.85. The van der Waals surface area contributed by atoms with Gasteiger partial charge in [0.25, 0.3) is 0 Å². The van der Waals surface area contributed by atoms with E-state index < -0.39 is 0 Å². The molecule has 1 atom stereocenters. The van der Waals surface area contributed by atoms with E-state index in [1.54, 1.807) is 7.11 Å². The molecule has 0 fully saturated rings. The van der Waals surface area contributed by atoms with E-state index in [0.29, 0.717) is 0 Å². The number of hydrogen-bond donors (Lipinski definition) is 0. The second kappa shape index (κ2) is 9.00. The van der Waals surface area contributed by atoms with E-state index in [0.717, 1.165) is 14.3 Å². The molecule has 86 valence electrons. The molecule has 3 heteroatoms. The molecule has 0 saturated heterocycles. The fourth-order valence-corrected chi connectivity index (χ4v) is 2.43. The van der Waals surface area contributed by atoms with Crippen molar-refractivity contribution in [2.75, 3.05) is 13.3 Å². The zero-order chi connectivity index (χ0) is 10.2. The molecule has 1 rings (SSSR count). The van der Waals surface area contributed by atoms with Crippen LogP contribution in [0.3, 0.4) is 0 Å². The van der Waals surface area contributed by atoms with Crippen molar-refractivity contribution in [2.24, 2.45) is 0 Å². The molecule has 15 heavy (non-hydrogen) atoms. The maximum atomic E-state index is 5.12. The molecular formula is C12H20ClOP. The highest BCUT2D eigenvalue weighted by Crippen LogP contribution is 2.16. The van der Waals surface area contributed by atoms with Crippen molar-refractivity contribution < 1.29 is 4.74 Å². The number of rotatable bonds is 6. The monoisotopic (exact) mass is 246 g/mol. The fraction of sp³-hybridized carbons (Fsp3) is 0.500. The first-order chi connectivity index (χ1) is 6.86. The Morgan fingerprint density at radius 2 is 1.80 bits per heavy atom. The first-order valence-electron chi connectivity index (χ1n) is 5.24. The van der Waals surface area contributed by atoms with E-state index in [2.05, 4.69) is 19.1 Å². The van der Waals surface area contributed by atoms with Crippen LogP contribution in [0.15, 0.2) is 24.3 Å². The van der Waals surface area contributed by atoms with Crippen molar-refractivity contribution in [1.29, 1.82) is 0 Å². The van der Waals surface area contributed by atoms with Crippen LogP contribution in [0.2, 0.25) is 0 Å². The van der Waals surface area contributed by atoms with Crippen LogP contribution in [-0.2, 0) is 0 Å². The Bertz CT molecular complexity index is 248. The van der Waals surface area contributed by atoms with Gasteiger partial charge in [0.2, 0.25) is 0 Å². The average Bonchev–Trinajstić information content (AvgIpc) is 2.25. The van der Waals surface area contributed by atoms with E-state index in [1.807, 2.05) is 12.1 Å². The van der Waals surface area contributed by atoms with Crippen LogP contribution in [0, 0.1) is 0 Å². The van der Waals surface area contributed by atoms with Crippen molar-refractivity contribution >= 4 is 26.3 Å². The lowest BCUT2D eigenvalue weighted by atomic mass is 10.3. The highest BCUT2D eigenvalue weighted by Gasteiger charge is 1.94. The molecule has 0 amide bonds. The molecule has 0 saturated carbocycles. The van der Waals surface area contributed by atoms with Gasteiger partial charge in [-0.25, -0.2) is 0 Å². The van der Waals surface area contributed by atoms with Crippen molar-refractivity contribution in [3.8, 4) is 5.75 Å². The molecule has 0 bridgehead atoms. The standard InChI is InChI=1S/C12H19OP.ClH/c1-3-4-5-10-14-12-8-6-11(13-2)7-9-12;/h6-9,14H,3-5,10H2,1-2H3;1H. The lowest BCUT2D eigenvalue weighted by Gasteiger charge is -2.03. The minimum atomic E-state index is 0. The quantitative estimate of drug-likeness (QED) is 0.550.